The molecule has 0 aromatic heterocycles. The third-order valence-electron chi connectivity index (χ3n) is 3.55. The molecular weight excluding hydrogens is 358 g/mol. The number of nitrogens with zero attached hydrogens (tertiary/aromatic N) is 1. The lowest BCUT2D eigenvalue weighted by Gasteiger charge is -2.33. The first-order valence-corrected chi connectivity index (χ1v) is 8.89. The Morgan fingerprint density at radius 2 is 2.14 bits per heavy atom. The van der Waals surface area contributed by atoms with Gasteiger partial charge in [-0.25, -0.2) is 8.42 Å². The minimum atomic E-state index is -3.74. The minimum Gasteiger partial charge on any atom is -0.399 e. The maximum Gasteiger partial charge on any atom is 0.244 e. The summed E-state index contributed by atoms with van der Waals surface area (Å²) in [5, 5.41) is 2.54. The third-order valence-corrected chi connectivity index (χ3v) is 6.43. The fraction of sp³-hybridized carbons (Fsp3) is 0.462. The van der Waals surface area contributed by atoms with Crippen LogP contribution in [-0.4, -0.2) is 38.3 Å². The monoisotopic (exact) mass is 375 g/mol. The van der Waals surface area contributed by atoms with E-state index >= 15 is 0 Å². The highest BCUT2D eigenvalue weighted by molar-refractivity contribution is 9.10. The predicted octanol–water partition coefficient (Wildman–Crippen LogP) is 1.32. The molecule has 1 aromatic rings. The van der Waals surface area contributed by atoms with Crippen molar-refractivity contribution in [2.45, 2.75) is 30.2 Å². The van der Waals surface area contributed by atoms with Crippen LogP contribution in [0.15, 0.2) is 27.6 Å². The van der Waals surface area contributed by atoms with Crippen LogP contribution < -0.4 is 11.1 Å². The molecule has 1 atom stereocenters. The van der Waals surface area contributed by atoms with Gasteiger partial charge in [0.05, 0.1) is 4.90 Å². The van der Waals surface area contributed by atoms with Gasteiger partial charge in [0.2, 0.25) is 15.9 Å². The normalized spacial score (nSPS) is 20.2. The number of rotatable bonds is 3. The van der Waals surface area contributed by atoms with Gasteiger partial charge in [-0.2, -0.15) is 4.31 Å². The van der Waals surface area contributed by atoms with Gasteiger partial charge in [0.25, 0.3) is 0 Å². The van der Waals surface area contributed by atoms with Crippen molar-refractivity contribution in [3.05, 3.63) is 22.7 Å². The van der Waals surface area contributed by atoms with Crippen LogP contribution in [0, 0.1) is 0 Å². The molecule has 6 nitrogen and oxygen atoms in total. The van der Waals surface area contributed by atoms with Crippen LogP contribution in [0.25, 0.3) is 0 Å². The fourth-order valence-electron chi connectivity index (χ4n) is 2.47. The molecule has 0 bridgehead atoms. The smallest absolute Gasteiger partial charge is 0.244 e. The summed E-state index contributed by atoms with van der Waals surface area (Å²) in [4.78, 5) is 12.1. The van der Waals surface area contributed by atoms with Gasteiger partial charge in [-0.15, -0.1) is 0 Å². The second kappa shape index (κ2) is 6.33. The number of anilines is 1. The van der Waals surface area contributed by atoms with E-state index in [4.69, 9.17) is 5.73 Å². The molecule has 3 N–H and O–H groups in total. The average Bonchev–Trinajstić information content (AvgIpc) is 2.46. The van der Waals surface area contributed by atoms with Gasteiger partial charge in [0.1, 0.15) is 6.04 Å². The lowest BCUT2D eigenvalue weighted by molar-refractivity contribution is -0.125. The zero-order valence-corrected chi connectivity index (χ0v) is 14.1. The molecule has 1 fully saturated rings. The van der Waals surface area contributed by atoms with Crippen LogP contribution in [0.2, 0.25) is 0 Å². The highest BCUT2D eigenvalue weighted by Gasteiger charge is 2.37. The van der Waals surface area contributed by atoms with E-state index in [1.165, 1.54) is 23.5 Å². The van der Waals surface area contributed by atoms with E-state index < -0.39 is 16.1 Å². The Hall–Kier alpha value is -1.12. The number of hydrogen-bond acceptors (Lipinski definition) is 4. The van der Waals surface area contributed by atoms with Gasteiger partial charge in [0.15, 0.2) is 0 Å². The molecule has 1 heterocycles. The minimum absolute atomic E-state index is 0.132. The topological polar surface area (TPSA) is 92.5 Å². The van der Waals surface area contributed by atoms with Crippen molar-refractivity contribution < 1.29 is 13.2 Å². The number of benzene rings is 1. The molecule has 0 aliphatic carbocycles. The summed E-state index contributed by atoms with van der Waals surface area (Å²) in [6.07, 6.45) is 2.12. The first-order chi connectivity index (χ1) is 9.87. The Bertz CT molecular complexity index is 648. The summed E-state index contributed by atoms with van der Waals surface area (Å²) in [5.74, 6) is -0.273. The Morgan fingerprint density at radius 3 is 2.76 bits per heavy atom. The first-order valence-electron chi connectivity index (χ1n) is 6.66. The van der Waals surface area contributed by atoms with Crippen LogP contribution in [0.4, 0.5) is 5.69 Å². The molecule has 2 rings (SSSR count). The molecule has 1 aromatic carbocycles. The van der Waals surface area contributed by atoms with E-state index in [1.54, 1.807) is 6.07 Å². The lowest BCUT2D eigenvalue weighted by Crippen LogP contribution is -2.51. The number of nitrogens with one attached hydrogen (secondary N) is 1. The summed E-state index contributed by atoms with van der Waals surface area (Å²) in [6, 6.07) is 3.89. The highest BCUT2D eigenvalue weighted by atomic mass is 79.9. The van der Waals surface area contributed by atoms with Crippen molar-refractivity contribution in [3.8, 4) is 0 Å². The van der Waals surface area contributed by atoms with Gasteiger partial charge >= 0.3 is 0 Å². The zero-order chi connectivity index (χ0) is 15.6. The van der Waals surface area contributed by atoms with Crippen LogP contribution in [-0.2, 0) is 14.8 Å². The number of carbonyl (C=O) groups is 1. The number of piperidine rings is 1. The molecular formula is C13H18BrN3O3S. The van der Waals surface area contributed by atoms with E-state index in [-0.39, 0.29) is 10.8 Å². The Kier molecular flexibility index (Phi) is 4.90. The third kappa shape index (κ3) is 3.22. The van der Waals surface area contributed by atoms with Gasteiger partial charge < -0.3 is 11.1 Å². The molecule has 0 spiro atoms. The van der Waals surface area contributed by atoms with Crippen molar-refractivity contribution >= 4 is 37.5 Å². The Balaban J connectivity index is 2.43. The zero-order valence-electron chi connectivity index (χ0n) is 11.7. The summed E-state index contributed by atoms with van der Waals surface area (Å²) in [5.41, 5.74) is 6.12. The predicted molar refractivity (Wildman–Crippen MR) is 84.2 cm³/mol. The maximum absolute atomic E-state index is 12.8. The van der Waals surface area contributed by atoms with E-state index in [1.807, 2.05) is 0 Å². The summed E-state index contributed by atoms with van der Waals surface area (Å²) >= 11 is 3.24. The van der Waals surface area contributed by atoms with Crippen LogP contribution >= 0.6 is 15.9 Å². The highest BCUT2D eigenvalue weighted by Crippen LogP contribution is 2.31. The van der Waals surface area contributed by atoms with Crippen molar-refractivity contribution in [1.82, 2.24) is 9.62 Å². The first kappa shape index (κ1) is 16.3. The average molecular weight is 376 g/mol. The molecule has 0 saturated carbocycles. The SMILES string of the molecule is CNC(=O)C1CCCCN1S(=O)(=O)c1ccc(N)cc1Br. The number of halogens is 1. The number of amides is 1. The van der Waals surface area contributed by atoms with Gasteiger partial charge in [-0.1, -0.05) is 6.42 Å². The Labute approximate surface area is 132 Å². The number of nitrogens with two attached hydrogens (primary N) is 1. The van der Waals surface area contributed by atoms with Crippen LogP contribution in [0.5, 0.6) is 0 Å². The van der Waals surface area contributed by atoms with Crippen molar-refractivity contribution in [1.29, 1.82) is 0 Å². The van der Waals surface area contributed by atoms with Gasteiger partial charge in [-0.05, 0) is 47.0 Å². The number of nitrogen functional groups attached to an aromatic ring is 1. The maximum atomic E-state index is 12.8. The quantitative estimate of drug-likeness (QED) is 0.779. The molecule has 0 radical (unpaired) electrons. The molecule has 1 unspecified atom stereocenters. The lowest BCUT2D eigenvalue weighted by atomic mass is 10.0. The second-order valence-corrected chi connectivity index (χ2v) is 7.64. The van der Waals surface area contributed by atoms with Crippen LogP contribution in [0.3, 0.4) is 0 Å². The number of hydrogen-bond donors (Lipinski definition) is 2. The van der Waals surface area contributed by atoms with Crippen molar-refractivity contribution in [2.75, 3.05) is 19.3 Å². The van der Waals surface area contributed by atoms with Crippen LogP contribution in [0.1, 0.15) is 19.3 Å². The summed E-state index contributed by atoms with van der Waals surface area (Å²) < 4.78 is 27.3. The molecule has 21 heavy (non-hydrogen) atoms. The number of carbonyl (C=O) groups excluding carboxylic acids is 1. The van der Waals surface area contributed by atoms with E-state index in [2.05, 4.69) is 21.2 Å². The molecule has 1 aliphatic rings. The standard InChI is InChI=1S/C13H18BrN3O3S/c1-16-13(18)11-4-2-3-7-17(11)21(19,20)12-6-5-9(15)8-10(12)14/h5-6,8,11H,2-4,7,15H2,1H3,(H,16,18). The number of likely N-dealkylation sites (N-methyl/N-ethyl adjacent to an activating group) is 1. The largest absolute Gasteiger partial charge is 0.399 e. The molecule has 1 amide bonds. The molecule has 1 aliphatic heterocycles. The van der Waals surface area contributed by atoms with E-state index in [0.29, 0.717) is 23.1 Å². The summed E-state index contributed by atoms with van der Waals surface area (Å²) in [6.45, 7) is 0.344. The molecule has 1 saturated heterocycles. The summed E-state index contributed by atoms with van der Waals surface area (Å²) in [7, 11) is -2.23. The van der Waals surface area contributed by atoms with E-state index in [9.17, 15) is 13.2 Å². The van der Waals surface area contributed by atoms with Crippen molar-refractivity contribution in [2.24, 2.45) is 0 Å². The van der Waals surface area contributed by atoms with Gasteiger partial charge in [0, 0.05) is 23.8 Å². The fourth-order valence-corrected chi connectivity index (χ4v) is 5.19. The van der Waals surface area contributed by atoms with Gasteiger partial charge in [-0.3, -0.25) is 4.79 Å². The van der Waals surface area contributed by atoms with Crippen molar-refractivity contribution in [3.63, 3.8) is 0 Å². The van der Waals surface area contributed by atoms with E-state index in [0.717, 1.165) is 12.8 Å². The number of sulfonamides is 1. The molecule has 116 valence electrons. The second-order valence-electron chi connectivity index (χ2n) is 4.93. The molecule has 8 heteroatoms. The Morgan fingerprint density at radius 1 is 1.43 bits per heavy atom.